The molecule has 0 N–H and O–H groups in total. The lowest BCUT2D eigenvalue weighted by atomic mass is 10.2. The van der Waals surface area contributed by atoms with E-state index in [1.807, 2.05) is 32.0 Å². The highest BCUT2D eigenvalue weighted by Gasteiger charge is 1.89. The number of halogens is 1. The molecule has 0 aliphatic rings. The monoisotopic (exact) mass is 220 g/mol. The van der Waals surface area contributed by atoms with Crippen LogP contribution in [0.4, 0.5) is 0 Å². The van der Waals surface area contributed by atoms with Gasteiger partial charge in [-0.2, -0.15) is 0 Å². The van der Waals surface area contributed by atoms with E-state index in [9.17, 15) is 0 Å². The van der Waals surface area contributed by atoms with Crippen LogP contribution < -0.4 is 0 Å². The quantitative estimate of drug-likeness (QED) is 0.675. The van der Waals surface area contributed by atoms with Crippen LogP contribution in [0, 0.1) is 0 Å². The Morgan fingerprint density at radius 3 is 2.25 bits per heavy atom. The minimum atomic E-state index is 0.981. The normalized spacial score (nSPS) is 8.58. The molecule has 0 unspecified atom stereocenters. The zero-order chi connectivity index (χ0) is 9.23. The Labute approximate surface area is 87.0 Å². The van der Waals surface area contributed by atoms with E-state index in [1.165, 1.54) is 15.6 Å². The highest BCUT2D eigenvalue weighted by atomic mass is 35.7. The topological polar surface area (TPSA) is 0 Å². The van der Waals surface area contributed by atoms with Crippen molar-refractivity contribution in [3.8, 4) is 0 Å². The van der Waals surface area contributed by atoms with Crippen molar-refractivity contribution >= 4 is 31.5 Å². The average molecular weight is 221 g/mol. The number of benzene rings is 1. The summed E-state index contributed by atoms with van der Waals surface area (Å²) in [5.74, 6) is 0.981. The van der Waals surface area contributed by atoms with Gasteiger partial charge in [-0.1, -0.05) is 55.0 Å². The SMILES string of the molecule is CC.ClSSCc1ccccc1. The van der Waals surface area contributed by atoms with Crippen molar-refractivity contribution in [1.82, 2.24) is 0 Å². The van der Waals surface area contributed by atoms with Crippen LogP contribution in [-0.2, 0) is 5.75 Å². The Hall–Kier alpha value is 0.210. The van der Waals surface area contributed by atoms with Crippen LogP contribution in [0.3, 0.4) is 0 Å². The van der Waals surface area contributed by atoms with E-state index in [2.05, 4.69) is 12.1 Å². The van der Waals surface area contributed by atoms with Crippen LogP contribution in [0.15, 0.2) is 30.3 Å². The average Bonchev–Trinajstić information content (AvgIpc) is 2.19. The fraction of sp³-hybridized carbons (Fsp3) is 0.333. The summed E-state index contributed by atoms with van der Waals surface area (Å²) in [7, 11) is 8.36. The van der Waals surface area contributed by atoms with Gasteiger partial charge in [0.05, 0.1) is 0 Å². The molecule has 1 aromatic carbocycles. The molecule has 0 atom stereocenters. The molecule has 0 heterocycles. The maximum absolute atomic E-state index is 5.43. The van der Waals surface area contributed by atoms with Crippen LogP contribution in [0.1, 0.15) is 19.4 Å². The maximum atomic E-state index is 5.43. The minimum Gasteiger partial charge on any atom is -0.0725 e. The van der Waals surface area contributed by atoms with Crippen molar-refractivity contribution in [3.63, 3.8) is 0 Å². The first kappa shape index (κ1) is 12.2. The van der Waals surface area contributed by atoms with E-state index in [4.69, 9.17) is 10.7 Å². The molecular formula is C9H13ClS2. The second kappa shape index (κ2) is 9.30. The Kier molecular flexibility index (Phi) is 9.46. The molecule has 0 aliphatic carbocycles. The molecule has 12 heavy (non-hydrogen) atoms. The molecule has 1 aromatic rings. The van der Waals surface area contributed by atoms with E-state index in [0.29, 0.717) is 0 Å². The van der Waals surface area contributed by atoms with Crippen LogP contribution in [0.25, 0.3) is 0 Å². The summed E-state index contributed by atoms with van der Waals surface area (Å²) in [4.78, 5) is 0. The summed E-state index contributed by atoms with van der Waals surface area (Å²) in [5, 5.41) is 0. The summed E-state index contributed by atoms with van der Waals surface area (Å²) < 4.78 is 0. The fourth-order valence-electron chi connectivity index (χ4n) is 0.665. The Morgan fingerprint density at radius 1 is 1.17 bits per heavy atom. The molecular weight excluding hydrogens is 208 g/mol. The molecule has 0 spiro atoms. The summed E-state index contributed by atoms with van der Waals surface area (Å²) in [6, 6.07) is 10.3. The van der Waals surface area contributed by atoms with Crippen molar-refractivity contribution in [1.29, 1.82) is 0 Å². The molecule has 0 amide bonds. The maximum Gasteiger partial charge on any atom is 0.0300 e. The molecule has 0 fully saturated rings. The summed E-state index contributed by atoms with van der Waals surface area (Å²) in [5.41, 5.74) is 1.32. The van der Waals surface area contributed by atoms with Gasteiger partial charge in [-0.05, 0) is 16.2 Å². The molecule has 3 heteroatoms. The van der Waals surface area contributed by atoms with Gasteiger partial charge in [-0.3, -0.25) is 0 Å². The number of hydrogen-bond donors (Lipinski definition) is 0. The van der Waals surface area contributed by atoms with Gasteiger partial charge < -0.3 is 0 Å². The molecule has 68 valence electrons. The first-order chi connectivity index (χ1) is 5.93. The van der Waals surface area contributed by atoms with Gasteiger partial charge in [0.2, 0.25) is 0 Å². The van der Waals surface area contributed by atoms with Crippen LogP contribution in [0.5, 0.6) is 0 Å². The standard InChI is InChI=1S/C7H7ClS2.C2H6/c8-10-9-6-7-4-2-1-3-5-7;1-2/h1-5H,6H2;1-2H3. The van der Waals surface area contributed by atoms with Gasteiger partial charge in [-0.25, -0.2) is 0 Å². The molecule has 0 radical (unpaired) electrons. The summed E-state index contributed by atoms with van der Waals surface area (Å²) in [6.45, 7) is 4.00. The smallest absolute Gasteiger partial charge is 0.0300 e. The van der Waals surface area contributed by atoms with E-state index < -0.39 is 0 Å². The Balaban J connectivity index is 0.000000561. The van der Waals surface area contributed by atoms with Gasteiger partial charge >= 0.3 is 0 Å². The highest BCUT2D eigenvalue weighted by molar-refractivity contribution is 8.84. The lowest BCUT2D eigenvalue weighted by Crippen LogP contribution is -1.73. The summed E-state index contributed by atoms with van der Waals surface area (Å²) in [6.07, 6.45) is 0. The molecule has 0 aromatic heterocycles. The number of rotatable bonds is 3. The third-order valence-electron chi connectivity index (χ3n) is 1.11. The first-order valence-electron chi connectivity index (χ1n) is 3.87. The van der Waals surface area contributed by atoms with E-state index in [1.54, 1.807) is 10.8 Å². The van der Waals surface area contributed by atoms with E-state index >= 15 is 0 Å². The molecule has 0 aliphatic heterocycles. The van der Waals surface area contributed by atoms with Gasteiger partial charge in [0.15, 0.2) is 0 Å². The van der Waals surface area contributed by atoms with Gasteiger partial charge in [0.25, 0.3) is 0 Å². The van der Waals surface area contributed by atoms with Gasteiger partial charge in [-0.15, -0.1) is 0 Å². The van der Waals surface area contributed by atoms with Crippen molar-refractivity contribution in [2.24, 2.45) is 0 Å². The Bertz CT molecular complexity index is 177. The predicted molar refractivity (Wildman–Crippen MR) is 62.5 cm³/mol. The molecule has 0 nitrogen and oxygen atoms in total. The fourth-order valence-corrected chi connectivity index (χ4v) is 1.98. The third-order valence-corrected chi connectivity index (χ3v) is 3.08. The zero-order valence-electron chi connectivity index (χ0n) is 7.29. The van der Waals surface area contributed by atoms with Gasteiger partial charge in [0.1, 0.15) is 0 Å². The molecule has 0 saturated carbocycles. The number of hydrogen-bond acceptors (Lipinski definition) is 2. The molecule has 0 saturated heterocycles. The minimum absolute atomic E-state index is 0.981. The van der Waals surface area contributed by atoms with Crippen LogP contribution in [0.2, 0.25) is 0 Å². The highest BCUT2D eigenvalue weighted by Crippen LogP contribution is 2.28. The third kappa shape index (κ3) is 5.81. The first-order valence-corrected chi connectivity index (χ1v) is 7.02. The van der Waals surface area contributed by atoms with Crippen LogP contribution >= 0.6 is 31.5 Å². The molecule has 0 bridgehead atoms. The largest absolute Gasteiger partial charge is 0.0725 e. The lowest BCUT2D eigenvalue weighted by Gasteiger charge is -1.94. The second-order valence-electron chi connectivity index (χ2n) is 1.81. The van der Waals surface area contributed by atoms with Crippen molar-refractivity contribution in [2.75, 3.05) is 0 Å². The zero-order valence-corrected chi connectivity index (χ0v) is 9.68. The summed E-state index contributed by atoms with van der Waals surface area (Å²) >= 11 is 0. The van der Waals surface area contributed by atoms with E-state index in [0.717, 1.165) is 5.75 Å². The Morgan fingerprint density at radius 2 is 1.75 bits per heavy atom. The predicted octanol–water partition coefficient (Wildman–Crippen LogP) is 4.75. The molecule has 1 rings (SSSR count). The van der Waals surface area contributed by atoms with Crippen molar-refractivity contribution in [2.45, 2.75) is 19.6 Å². The van der Waals surface area contributed by atoms with Crippen molar-refractivity contribution < 1.29 is 0 Å². The van der Waals surface area contributed by atoms with E-state index in [-0.39, 0.29) is 0 Å². The second-order valence-corrected chi connectivity index (χ2v) is 4.68. The van der Waals surface area contributed by atoms with Crippen molar-refractivity contribution in [3.05, 3.63) is 35.9 Å². The lowest BCUT2D eigenvalue weighted by molar-refractivity contribution is 1.43. The van der Waals surface area contributed by atoms with Crippen LogP contribution in [-0.4, -0.2) is 0 Å². The van der Waals surface area contributed by atoms with Gasteiger partial charge in [0, 0.05) is 15.8 Å².